The van der Waals surface area contributed by atoms with E-state index in [1.165, 1.54) is 0 Å². The third-order valence-corrected chi connectivity index (χ3v) is 10.0. The largest absolute Gasteiger partial charge is 1.00 e. The molecule has 32 heteroatoms. The van der Waals surface area contributed by atoms with Crippen molar-refractivity contribution >= 4 is 0 Å². The number of nitrogens with zero attached hydrogens (tertiary/aromatic N) is 17. The number of rotatable bonds is 39. The molecule has 452 valence electrons. The van der Waals surface area contributed by atoms with Gasteiger partial charge in [0.05, 0.1) is 0 Å². The van der Waals surface area contributed by atoms with Crippen molar-refractivity contribution in [2.24, 2.45) is 0 Å². The molecule has 1 aliphatic rings. The first kappa shape index (κ1) is 151. The first-order valence-corrected chi connectivity index (χ1v) is 29.2. The summed E-state index contributed by atoms with van der Waals surface area (Å²) in [5.74, 6) is 0. The first-order chi connectivity index (χ1) is 35.7. The molecule has 0 aliphatic carbocycles. The van der Waals surface area contributed by atoms with Crippen LogP contribution in [0.3, 0.4) is 0 Å². The van der Waals surface area contributed by atoms with Crippen LogP contribution < -0.4 is 283 Å². The summed E-state index contributed by atoms with van der Waals surface area (Å²) in [7, 11) is 5.56. The molecule has 1 saturated heterocycles. The maximum atomic E-state index is 4.55. The molecule has 0 aromatic rings. The molecule has 0 amide bonds. The monoisotopic (exact) mass is 1150 g/mol. The Kier molecular flexibility index (Phi) is 235. The fraction of sp³-hybridized carbons (Fsp3) is 0.965. The molecule has 1 rings (SSSR count). The van der Waals surface area contributed by atoms with Crippen LogP contribution >= 0.6 is 0 Å². The molecule has 0 aromatic heterocycles. The van der Waals surface area contributed by atoms with Crippen molar-refractivity contribution in [1.29, 1.82) is 0 Å². The van der Waals surface area contributed by atoms with Crippen LogP contribution in [0.2, 0.25) is 0 Å². The van der Waals surface area contributed by atoms with E-state index < -0.39 is 0 Å². The first-order valence-electron chi connectivity index (χ1n) is 29.2. The van der Waals surface area contributed by atoms with Gasteiger partial charge in [-0.15, -0.1) is 94.7 Å². The van der Waals surface area contributed by atoms with Crippen LogP contribution in [-0.2, 0) is 0 Å². The van der Waals surface area contributed by atoms with E-state index in [1.807, 2.05) is 35.0 Å². The van der Waals surface area contributed by atoms with Gasteiger partial charge in [0.1, 0.15) is 0 Å². The summed E-state index contributed by atoms with van der Waals surface area (Å²) in [6.07, 6.45) is 9.76. The molecule has 17 nitrogen and oxygen atoms in total. The zero-order chi connectivity index (χ0) is 56.4. The molecule has 89 heavy (non-hydrogen) atoms. The molecular formula is C57H124Li15N17. The van der Waals surface area contributed by atoms with Crippen molar-refractivity contribution in [3.05, 3.63) is 91.9 Å². The van der Waals surface area contributed by atoms with E-state index in [1.54, 1.807) is 0 Å². The fourth-order valence-electron chi connectivity index (χ4n) is 5.92. The third kappa shape index (κ3) is 168. The molecule has 0 spiro atoms. The van der Waals surface area contributed by atoms with E-state index in [0.29, 0.717) is 30.2 Å². The van der Waals surface area contributed by atoms with Gasteiger partial charge in [-0.2, -0.15) is 113 Å². The van der Waals surface area contributed by atoms with Crippen LogP contribution in [0.5, 0.6) is 0 Å². The van der Waals surface area contributed by atoms with E-state index in [4.69, 9.17) is 0 Å². The van der Waals surface area contributed by atoms with E-state index in [-0.39, 0.29) is 283 Å². The van der Waals surface area contributed by atoms with Crippen molar-refractivity contribution in [3.8, 4) is 0 Å². The second kappa shape index (κ2) is 139. The van der Waals surface area contributed by atoms with E-state index >= 15 is 0 Å². The summed E-state index contributed by atoms with van der Waals surface area (Å²) in [6, 6.07) is 2.26. The van der Waals surface area contributed by atoms with Gasteiger partial charge in [-0.3, -0.25) is 0 Å². The molecular weight excluding hydrogens is 1030 g/mol. The minimum atomic E-state index is 0. The van der Waals surface area contributed by atoms with Crippen molar-refractivity contribution in [2.75, 3.05) is 204 Å². The Bertz CT molecular complexity index is 899. The van der Waals surface area contributed by atoms with Gasteiger partial charge in [0.15, 0.2) is 0 Å². The predicted octanol–water partition coefficient (Wildman–Crippen LogP) is -30.3. The SMILES string of the molecule is C1C[N-]CCC[N-]CCC[N-]C1.CC(C)[N-]CCC[N-]C(C)C.CC(C)[N-]CCN(CC[N-]C(C)C)CC[N-]C(C)C.CC[N-]C/C=C/C[N-]CC.CC[N-]CCC[N-]CC.C[N-]CCN(CC[N-]C)CC[N-]C.[Li+].[Li+].[Li+].[Li+].[Li+].[Li+].[Li+].[Li+].[Li+].[Li+].[Li+].[Li+].[Li+].[Li+].[Li+]. The van der Waals surface area contributed by atoms with Crippen LogP contribution in [0.25, 0.3) is 79.8 Å². The topological polar surface area (TPSA) is 218 Å². The molecule has 0 bridgehead atoms. The second-order valence-electron chi connectivity index (χ2n) is 19.0. The predicted molar refractivity (Wildman–Crippen MR) is 339 cm³/mol. The maximum absolute atomic E-state index is 4.55. The molecule has 0 N–H and O–H groups in total. The number of hydrogen-bond donors (Lipinski definition) is 0. The Hall–Kier alpha value is 8.02. The Labute approximate surface area is 738 Å². The summed E-state index contributed by atoms with van der Waals surface area (Å²) < 4.78 is 0. The maximum Gasteiger partial charge on any atom is 1.00 e. The van der Waals surface area contributed by atoms with Gasteiger partial charge in [0.2, 0.25) is 0 Å². The Balaban J connectivity index is -0.0000000350. The van der Waals surface area contributed by atoms with Gasteiger partial charge >= 0.3 is 283 Å². The Morgan fingerprint density at radius 1 is 0.292 bits per heavy atom. The quantitative estimate of drug-likeness (QED) is 0.0333. The van der Waals surface area contributed by atoms with Gasteiger partial charge in [-0.1, -0.05) is 129 Å². The smallest absolute Gasteiger partial charge is 0.664 e. The van der Waals surface area contributed by atoms with Gasteiger partial charge in [-0.25, -0.2) is 0 Å². The zero-order valence-corrected chi connectivity index (χ0v) is 67.0. The van der Waals surface area contributed by atoms with Crippen LogP contribution in [0.15, 0.2) is 12.2 Å². The normalized spacial score (nSPS) is 11.1. The van der Waals surface area contributed by atoms with E-state index in [9.17, 15) is 0 Å². The van der Waals surface area contributed by atoms with Crippen LogP contribution in [0, 0.1) is 0 Å². The molecule has 1 fully saturated rings. The molecule has 0 unspecified atom stereocenters. The van der Waals surface area contributed by atoms with Gasteiger partial charge < -0.3 is 89.6 Å². The van der Waals surface area contributed by atoms with Crippen LogP contribution in [0.1, 0.15) is 129 Å². The van der Waals surface area contributed by atoms with Crippen molar-refractivity contribution in [2.45, 2.75) is 159 Å². The van der Waals surface area contributed by atoms with Crippen molar-refractivity contribution < 1.29 is 283 Å². The molecule has 1 aliphatic heterocycles. The molecule has 0 radical (unpaired) electrons. The van der Waals surface area contributed by atoms with Gasteiger partial charge in [-0.05, 0) is 39.3 Å². The standard InChI is InChI=1S/C15H33N4.C9H21N4.C9H18N3.C9H20N2.C8H16N2.C7H16N2.15Li/c1-13(2)16-7-10-19(11-8-17-14(3)4)12-9-18-15(5)6;1-10-4-7-13(8-5-11-2)9-6-12-3;1-4-10-6-2-8-12-9-3-7-11-5-1;1-8(2)10-6-5-7-11-9(3)4;1-3-9-7-5-6-8-10-4-2;1-3-8-6-5-7-9-4-2;;;;;;;;;;;;;;;/h13-15H,7-12H2,1-6H3;4-9H2,1-3H3;1-9H2;8-9H,5-7H2,1-4H3;5-6H,3-4,7-8H2,1-2H3;3-7H2,1-2H3;;;;;;;;;;;;;;;/q3*-3;3*-2;15*+1/b;;;;6-5+;;;;;;;;;;;;;;;;. The average Bonchev–Trinajstić information content (AvgIpc) is 3.35. The summed E-state index contributed by atoms with van der Waals surface area (Å²) >= 11 is 0. The molecule has 0 saturated carbocycles. The summed E-state index contributed by atoms with van der Waals surface area (Å²) in [6.45, 7) is 56.4. The number of hydrogen-bond acceptors (Lipinski definition) is 2. The van der Waals surface area contributed by atoms with Crippen LogP contribution in [-0.4, -0.2) is 244 Å². The third-order valence-electron chi connectivity index (χ3n) is 10.0. The van der Waals surface area contributed by atoms with E-state index in [2.05, 4.69) is 185 Å². The summed E-state index contributed by atoms with van der Waals surface area (Å²) in [5.41, 5.74) is 0. The number of likely N-dealkylation sites (N-methyl/N-ethyl adjacent to an activating group) is 5. The minimum Gasteiger partial charge on any atom is -0.664 e. The molecule has 1 heterocycles. The van der Waals surface area contributed by atoms with Crippen LogP contribution in [0.4, 0.5) is 0 Å². The van der Waals surface area contributed by atoms with Crippen molar-refractivity contribution in [1.82, 2.24) is 9.80 Å². The Morgan fingerprint density at radius 2 is 0.494 bits per heavy atom. The zero-order valence-electron chi connectivity index (χ0n) is 67.0. The molecule has 0 aromatic carbocycles. The second-order valence-corrected chi connectivity index (χ2v) is 19.0. The van der Waals surface area contributed by atoms with Crippen molar-refractivity contribution in [3.63, 3.8) is 0 Å². The fourth-order valence-corrected chi connectivity index (χ4v) is 5.92. The average molecular weight is 1150 g/mol. The van der Waals surface area contributed by atoms with Gasteiger partial charge in [0, 0.05) is 0 Å². The summed E-state index contributed by atoms with van der Waals surface area (Å²) in [4.78, 5) is 4.79. The Morgan fingerprint density at radius 3 is 0.697 bits per heavy atom. The van der Waals surface area contributed by atoms with E-state index in [0.717, 1.165) is 215 Å². The molecule has 0 atom stereocenters. The minimum absolute atomic E-state index is 0. The van der Waals surface area contributed by atoms with Gasteiger partial charge in [0.25, 0.3) is 0 Å². The summed E-state index contributed by atoms with van der Waals surface area (Å²) in [5, 5.41) is 64.4.